The van der Waals surface area contributed by atoms with Crippen LogP contribution in [0.15, 0.2) is 35.1 Å². The molecule has 2 aromatic rings. The van der Waals surface area contributed by atoms with Gasteiger partial charge < -0.3 is 4.57 Å². The van der Waals surface area contributed by atoms with Gasteiger partial charge in [-0.05, 0) is 24.1 Å². The SMILES string of the molecule is CCCc1nccn1-c1ccc(CBr)c(Br)c1. The van der Waals surface area contributed by atoms with Crippen molar-refractivity contribution in [1.29, 1.82) is 0 Å². The number of halogens is 2. The predicted molar refractivity (Wildman–Crippen MR) is 77.9 cm³/mol. The minimum absolute atomic E-state index is 0.861. The lowest BCUT2D eigenvalue weighted by molar-refractivity contribution is 0.809. The van der Waals surface area contributed by atoms with Gasteiger partial charge in [0.1, 0.15) is 5.82 Å². The first-order chi connectivity index (χ1) is 8.26. The number of rotatable bonds is 4. The molecule has 0 aliphatic heterocycles. The molecular weight excluding hydrogens is 344 g/mol. The second kappa shape index (κ2) is 5.83. The first kappa shape index (κ1) is 12.8. The third kappa shape index (κ3) is 2.80. The lowest BCUT2D eigenvalue weighted by atomic mass is 10.2. The monoisotopic (exact) mass is 356 g/mol. The molecule has 17 heavy (non-hydrogen) atoms. The first-order valence-corrected chi connectivity index (χ1v) is 7.54. The van der Waals surface area contributed by atoms with Gasteiger partial charge in [0.25, 0.3) is 0 Å². The Morgan fingerprint density at radius 3 is 2.82 bits per heavy atom. The Labute approximate surface area is 118 Å². The van der Waals surface area contributed by atoms with Crippen molar-refractivity contribution in [2.24, 2.45) is 0 Å². The lowest BCUT2D eigenvalue weighted by Crippen LogP contribution is -2.00. The smallest absolute Gasteiger partial charge is 0.113 e. The third-order valence-corrected chi connectivity index (χ3v) is 3.99. The fourth-order valence-corrected chi connectivity index (χ4v) is 3.14. The zero-order valence-electron chi connectivity index (χ0n) is 9.66. The molecule has 0 saturated carbocycles. The summed E-state index contributed by atoms with van der Waals surface area (Å²) in [4.78, 5) is 4.39. The van der Waals surface area contributed by atoms with Crippen molar-refractivity contribution in [3.63, 3.8) is 0 Å². The number of imidazole rings is 1. The van der Waals surface area contributed by atoms with E-state index < -0.39 is 0 Å². The summed E-state index contributed by atoms with van der Waals surface area (Å²) >= 11 is 7.06. The Kier molecular flexibility index (Phi) is 4.40. The van der Waals surface area contributed by atoms with E-state index >= 15 is 0 Å². The Hall–Kier alpha value is -0.610. The molecule has 0 amide bonds. The highest BCUT2D eigenvalue weighted by Crippen LogP contribution is 2.23. The molecule has 0 N–H and O–H groups in total. The molecule has 1 aromatic heterocycles. The summed E-state index contributed by atoms with van der Waals surface area (Å²) in [7, 11) is 0. The number of nitrogens with zero attached hydrogens (tertiary/aromatic N) is 2. The van der Waals surface area contributed by atoms with Crippen LogP contribution < -0.4 is 0 Å². The van der Waals surface area contributed by atoms with E-state index in [1.165, 1.54) is 5.56 Å². The van der Waals surface area contributed by atoms with Crippen molar-refractivity contribution in [2.75, 3.05) is 0 Å². The van der Waals surface area contributed by atoms with Crippen molar-refractivity contribution < 1.29 is 0 Å². The van der Waals surface area contributed by atoms with Crippen LogP contribution in [0.3, 0.4) is 0 Å². The quantitative estimate of drug-likeness (QED) is 0.737. The fourth-order valence-electron chi connectivity index (χ4n) is 1.77. The van der Waals surface area contributed by atoms with Gasteiger partial charge in [0.2, 0.25) is 0 Å². The highest BCUT2D eigenvalue weighted by atomic mass is 79.9. The van der Waals surface area contributed by atoms with Crippen LogP contribution in [0.2, 0.25) is 0 Å². The van der Waals surface area contributed by atoms with E-state index in [0.29, 0.717) is 0 Å². The molecule has 90 valence electrons. The lowest BCUT2D eigenvalue weighted by Gasteiger charge is -2.09. The van der Waals surface area contributed by atoms with Gasteiger partial charge in [-0.1, -0.05) is 44.8 Å². The van der Waals surface area contributed by atoms with Gasteiger partial charge in [0.05, 0.1) is 0 Å². The summed E-state index contributed by atoms with van der Waals surface area (Å²) in [5.74, 6) is 1.12. The van der Waals surface area contributed by atoms with E-state index in [4.69, 9.17) is 0 Å². The molecule has 2 rings (SSSR count). The van der Waals surface area contributed by atoms with Crippen LogP contribution in [-0.2, 0) is 11.8 Å². The summed E-state index contributed by atoms with van der Waals surface area (Å²) in [5, 5.41) is 0.861. The van der Waals surface area contributed by atoms with Crippen LogP contribution in [0.1, 0.15) is 24.7 Å². The van der Waals surface area contributed by atoms with Gasteiger partial charge in [0.15, 0.2) is 0 Å². The van der Waals surface area contributed by atoms with Crippen molar-refractivity contribution >= 4 is 31.9 Å². The van der Waals surface area contributed by atoms with E-state index in [0.717, 1.165) is 34.2 Å². The molecule has 0 spiro atoms. The molecule has 0 atom stereocenters. The highest BCUT2D eigenvalue weighted by molar-refractivity contribution is 9.10. The van der Waals surface area contributed by atoms with Gasteiger partial charge in [-0.3, -0.25) is 0 Å². The molecule has 0 bridgehead atoms. The van der Waals surface area contributed by atoms with Crippen LogP contribution in [0.4, 0.5) is 0 Å². The molecule has 0 saturated heterocycles. The maximum absolute atomic E-state index is 4.39. The fraction of sp³-hybridized carbons (Fsp3) is 0.308. The first-order valence-electron chi connectivity index (χ1n) is 5.63. The molecule has 0 unspecified atom stereocenters. The number of aryl methyl sites for hydroxylation is 1. The zero-order valence-corrected chi connectivity index (χ0v) is 12.8. The minimum atomic E-state index is 0.861. The standard InChI is InChI=1S/C13H14Br2N2/c1-2-3-13-16-6-7-17(13)11-5-4-10(9-14)12(15)8-11/h4-8H,2-3,9H2,1H3. The summed E-state index contributed by atoms with van der Waals surface area (Å²) in [6.07, 6.45) is 5.99. The van der Waals surface area contributed by atoms with Crippen molar-refractivity contribution in [3.05, 3.63) is 46.5 Å². The van der Waals surface area contributed by atoms with Crippen LogP contribution in [0, 0.1) is 0 Å². The number of alkyl halides is 1. The molecule has 4 heteroatoms. The zero-order chi connectivity index (χ0) is 12.3. The average Bonchev–Trinajstić information content (AvgIpc) is 2.78. The second-order valence-corrected chi connectivity index (χ2v) is 5.29. The molecule has 0 radical (unpaired) electrons. The van der Waals surface area contributed by atoms with Gasteiger partial charge in [-0.15, -0.1) is 0 Å². The molecule has 0 aliphatic rings. The predicted octanol–water partition coefficient (Wildman–Crippen LogP) is 4.48. The Bertz CT molecular complexity index is 506. The van der Waals surface area contributed by atoms with E-state index in [9.17, 15) is 0 Å². The van der Waals surface area contributed by atoms with Gasteiger partial charge in [0, 0.05) is 34.3 Å². The van der Waals surface area contributed by atoms with E-state index in [1.807, 2.05) is 12.4 Å². The number of hydrogen-bond acceptors (Lipinski definition) is 1. The van der Waals surface area contributed by atoms with Gasteiger partial charge in [-0.2, -0.15) is 0 Å². The van der Waals surface area contributed by atoms with Crippen LogP contribution in [-0.4, -0.2) is 9.55 Å². The summed E-state index contributed by atoms with van der Waals surface area (Å²) in [6.45, 7) is 2.17. The van der Waals surface area contributed by atoms with Crippen LogP contribution >= 0.6 is 31.9 Å². The summed E-state index contributed by atoms with van der Waals surface area (Å²) < 4.78 is 3.27. The topological polar surface area (TPSA) is 17.8 Å². The van der Waals surface area contributed by atoms with Crippen molar-refractivity contribution in [3.8, 4) is 5.69 Å². The summed E-state index contributed by atoms with van der Waals surface area (Å²) in [5.41, 5.74) is 2.41. The number of aromatic nitrogens is 2. The molecule has 0 fully saturated rings. The number of hydrogen-bond donors (Lipinski definition) is 0. The molecule has 1 aromatic carbocycles. The molecule has 2 nitrogen and oxygen atoms in total. The van der Waals surface area contributed by atoms with Gasteiger partial charge >= 0.3 is 0 Å². The Balaban J connectivity index is 2.39. The van der Waals surface area contributed by atoms with E-state index in [2.05, 4.69) is 66.5 Å². The second-order valence-electron chi connectivity index (χ2n) is 3.87. The highest BCUT2D eigenvalue weighted by Gasteiger charge is 2.06. The normalized spacial score (nSPS) is 10.8. The minimum Gasteiger partial charge on any atom is -0.304 e. The molecule has 0 aliphatic carbocycles. The summed E-state index contributed by atoms with van der Waals surface area (Å²) in [6, 6.07) is 6.39. The number of benzene rings is 1. The Morgan fingerprint density at radius 2 is 2.18 bits per heavy atom. The van der Waals surface area contributed by atoms with Crippen LogP contribution in [0.5, 0.6) is 0 Å². The largest absolute Gasteiger partial charge is 0.304 e. The maximum Gasteiger partial charge on any atom is 0.113 e. The molecular formula is C13H14Br2N2. The van der Waals surface area contributed by atoms with Gasteiger partial charge in [-0.25, -0.2) is 4.98 Å². The average molecular weight is 358 g/mol. The third-order valence-electron chi connectivity index (χ3n) is 2.65. The van der Waals surface area contributed by atoms with E-state index in [-0.39, 0.29) is 0 Å². The molecule has 1 heterocycles. The van der Waals surface area contributed by atoms with E-state index in [1.54, 1.807) is 0 Å². The van der Waals surface area contributed by atoms with Crippen LogP contribution in [0.25, 0.3) is 5.69 Å². The Morgan fingerprint density at radius 1 is 1.35 bits per heavy atom. The van der Waals surface area contributed by atoms with Crippen molar-refractivity contribution in [2.45, 2.75) is 25.1 Å². The maximum atomic E-state index is 4.39. The van der Waals surface area contributed by atoms with Crippen molar-refractivity contribution in [1.82, 2.24) is 9.55 Å².